The minimum atomic E-state index is -4.43. The maximum Gasteiger partial charge on any atom is 0.416 e. The van der Waals surface area contributed by atoms with Crippen LogP contribution in [-0.4, -0.2) is 29.0 Å². The Hall–Kier alpha value is -2.25. The molecule has 0 spiro atoms. The lowest BCUT2D eigenvalue weighted by Crippen LogP contribution is -2.69. The minimum Gasteiger partial charge on any atom is -0.440 e. The lowest BCUT2D eigenvalue weighted by atomic mass is 9.49. The van der Waals surface area contributed by atoms with Crippen molar-refractivity contribution in [3.63, 3.8) is 0 Å². The number of nitrogens with zero attached hydrogens (tertiary/aromatic N) is 1. The van der Waals surface area contributed by atoms with E-state index in [0.29, 0.717) is 11.5 Å². The van der Waals surface area contributed by atoms with Gasteiger partial charge in [0.25, 0.3) is 5.91 Å². The van der Waals surface area contributed by atoms with Gasteiger partial charge in [-0.3, -0.25) is 4.79 Å². The number of benzene rings is 1. The number of hydrogen-bond acceptors (Lipinski definition) is 3. The Morgan fingerprint density at radius 1 is 1.29 bits per heavy atom. The van der Waals surface area contributed by atoms with Crippen molar-refractivity contribution in [2.45, 2.75) is 37.5 Å². The lowest BCUT2D eigenvalue weighted by molar-refractivity contribution is -0.176. The van der Waals surface area contributed by atoms with Crippen molar-refractivity contribution >= 4 is 12.0 Å². The van der Waals surface area contributed by atoms with Crippen LogP contribution in [0.25, 0.3) is 0 Å². The quantitative estimate of drug-likeness (QED) is 0.894. The van der Waals surface area contributed by atoms with Crippen molar-refractivity contribution in [2.24, 2.45) is 11.7 Å². The maximum atomic E-state index is 12.8. The lowest BCUT2D eigenvalue weighted by Gasteiger charge is -2.66. The number of nitrogens with two attached hydrogens (primary N) is 1. The summed E-state index contributed by atoms with van der Waals surface area (Å²) in [6.07, 6.45) is -2.97. The molecule has 2 amide bonds. The summed E-state index contributed by atoms with van der Waals surface area (Å²) in [7, 11) is 0. The molecule has 5 nitrogen and oxygen atoms in total. The molecule has 0 unspecified atom stereocenters. The molecular weight excluding hydrogens is 325 g/mol. The summed E-state index contributed by atoms with van der Waals surface area (Å²) in [5.74, 6) is 0.142. The van der Waals surface area contributed by atoms with Crippen molar-refractivity contribution in [2.75, 3.05) is 6.61 Å². The second-order valence-corrected chi connectivity index (χ2v) is 6.49. The van der Waals surface area contributed by atoms with Gasteiger partial charge < -0.3 is 15.4 Å². The fourth-order valence-corrected chi connectivity index (χ4v) is 3.52. The van der Waals surface area contributed by atoms with Crippen LogP contribution in [0.4, 0.5) is 18.0 Å². The molecule has 3 saturated carbocycles. The molecule has 2 N–H and O–H groups in total. The van der Waals surface area contributed by atoms with Gasteiger partial charge in [-0.05, 0) is 42.9 Å². The van der Waals surface area contributed by atoms with E-state index in [-0.39, 0.29) is 12.1 Å². The molecule has 3 fully saturated rings. The molecule has 1 aromatic rings. The van der Waals surface area contributed by atoms with E-state index in [2.05, 4.69) is 4.74 Å². The molecule has 8 heteroatoms. The number of carbonyl (C=O) groups excluding carboxylic acids is 2. The highest BCUT2D eigenvalue weighted by Crippen LogP contribution is 2.60. The molecule has 2 bridgehead atoms. The molecule has 0 atom stereocenters. The Labute approximate surface area is 136 Å². The van der Waals surface area contributed by atoms with Crippen LogP contribution in [0.1, 0.15) is 30.4 Å². The van der Waals surface area contributed by atoms with Crippen LogP contribution >= 0.6 is 0 Å². The predicted molar refractivity (Wildman–Crippen MR) is 77.6 cm³/mol. The number of hydrogen-bond donors (Lipinski definition) is 1. The first-order valence-electron chi connectivity index (χ1n) is 7.58. The summed E-state index contributed by atoms with van der Waals surface area (Å²) in [6, 6.07) is 4.91. The highest BCUT2D eigenvalue weighted by atomic mass is 19.4. The van der Waals surface area contributed by atoms with E-state index >= 15 is 0 Å². The number of primary amides is 1. The molecule has 1 aromatic carbocycles. The standard InChI is InChI=1S/C16H17F3N2O3/c17-16(18,19)12-3-1-2-10(4-12)8-21(13(22)9-24-14(20)23)15-5-11(6-15)7-15/h1-4,11H,5-9H2,(H2,20,23). The van der Waals surface area contributed by atoms with Gasteiger partial charge in [-0.25, -0.2) is 4.79 Å². The Bertz CT molecular complexity index is 658. The van der Waals surface area contributed by atoms with Crippen LogP contribution < -0.4 is 5.73 Å². The molecular formula is C16H17F3N2O3. The first kappa shape index (κ1) is 16.6. The van der Waals surface area contributed by atoms with Crippen LogP contribution in [0.2, 0.25) is 0 Å². The Balaban J connectivity index is 1.77. The van der Waals surface area contributed by atoms with Gasteiger partial charge in [-0.2, -0.15) is 13.2 Å². The number of ether oxygens (including phenoxy) is 1. The zero-order chi connectivity index (χ0) is 17.5. The largest absolute Gasteiger partial charge is 0.440 e. The van der Waals surface area contributed by atoms with Crippen LogP contribution in [0, 0.1) is 5.92 Å². The molecule has 0 aliphatic heterocycles. The third kappa shape index (κ3) is 3.05. The van der Waals surface area contributed by atoms with Crippen molar-refractivity contribution in [1.29, 1.82) is 0 Å². The van der Waals surface area contributed by atoms with E-state index < -0.39 is 30.3 Å². The molecule has 0 heterocycles. The van der Waals surface area contributed by atoms with Crippen molar-refractivity contribution in [3.05, 3.63) is 35.4 Å². The third-order valence-electron chi connectivity index (χ3n) is 4.81. The van der Waals surface area contributed by atoms with E-state index in [4.69, 9.17) is 5.73 Å². The van der Waals surface area contributed by atoms with E-state index in [1.807, 2.05) is 0 Å². The minimum absolute atomic E-state index is 0.0532. The topological polar surface area (TPSA) is 72.6 Å². The van der Waals surface area contributed by atoms with E-state index in [1.165, 1.54) is 11.0 Å². The smallest absolute Gasteiger partial charge is 0.416 e. The Morgan fingerprint density at radius 2 is 1.96 bits per heavy atom. The van der Waals surface area contributed by atoms with Crippen molar-refractivity contribution in [3.8, 4) is 0 Å². The normalized spacial score (nSPS) is 24.5. The van der Waals surface area contributed by atoms with Crippen LogP contribution in [-0.2, 0) is 22.3 Å². The van der Waals surface area contributed by atoms with Gasteiger partial charge in [0, 0.05) is 12.1 Å². The molecule has 24 heavy (non-hydrogen) atoms. The Kier molecular flexibility index (Phi) is 3.93. The number of halogens is 3. The van der Waals surface area contributed by atoms with Crippen LogP contribution in [0.3, 0.4) is 0 Å². The highest BCUT2D eigenvalue weighted by molar-refractivity contribution is 5.81. The fraction of sp³-hybridized carbons (Fsp3) is 0.500. The van der Waals surface area contributed by atoms with Crippen LogP contribution in [0.5, 0.6) is 0 Å². The molecule has 3 aliphatic carbocycles. The first-order chi connectivity index (χ1) is 11.2. The summed E-state index contributed by atoms with van der Waals surface area (Å²) in [5, 5.41) is 0. The van der Waals surface area contributed by atoms with Gasteiger partial charge in [0.2, 0.25) is 0 Å². The molecule has 4 rings (SSSR count). The summed E-state index contributed by atoms with van der Waals surface area (Å²) in [5.41, 5.74) is 4.20. The zero-order valence-corrected chi connectivity index (χ0v) is 12.8. The summed E-state index contributed by atoms with van der Waals surface area (Å²) in [6.45, 7) is -0.446. The number of alkyl halides is 3. The maximum absolute atomic E-state index is 12.8. The third-order valence-corrected chi connectivity index (χ3v) is 4.81. The van der Waals surface area contributed by atoms with Gasteiger partial charge in [0.1, 0.15) is 0 Å². The SMILES string of the molecule is NC(=O)OCC(=O)N(Cc1cccc(C(F)(F)F)c1)C12CC(C1)C2. The average molecular weight is 342 g/mol. The van der Waals surface area contributed by atoms with Crippen LogP contribution in [0.15, 0.2) is 24.3 Å². The summed E-state index contributed by atoms with van der Waals surface area (Å²) in [4.78, 5) is 24.6. The van der Waals surface area contributed by atoms with E-state index in [0.717, 1.165) is 31.4 Å². The zero-order valence-electron chi connectivity index (χ0n) is 12.8. The Morgan fingerprint density at radius 3 is 2.46 bits per heavy atom. The second kappa shape index (κ2) is 5.68. The second-order valence-electron chi connectivity index (χ2n) is 6.49. The summed E-state index contributed by atoms with van der Waals surface area (Å²) < 4.78 is 43.1. The molecule has 0 saturated heterocycles. The predicted octanol–water partition coefficient (Wildman–Crippen LogP) is 2.68. The summed E-state index contributed by atoms with van der Waals surface area (Å²) >= 11 is 0. The molecule has 3 aliphatic rings. The van der Waals surface area contributed by atoms with Gasteiger partial charge in [0.15, 0.2) is 6.61 Å². The highest BCUT2D eigenvalue weighted by Gasteiger charge is 2.61. The molecule has 130 valence electrons. The monoisotopic (exact) mass is 342 g/mol. The number of rotatable bonds is 5. The van der Waals surface area contributed by atoms with Gasteiger partial charge in [-0.1, -0.05) is 12.1 Å². The number of carbonyl (C=O) groups is 2. The number of amides is 2. The molecule has 0 radical (unpaired) electrons. The van der Waals surface area contributed by atoms with Gasteiger partial charge >= 0.3 is 12.3 Å². The van der Waals surface area contributed by atoms with E-state index in [9.17, 15) is 22.8 Å². The molecule has 0 aromatic heterocycles. The fourth-order valence-electron chi connectivity index (χ4n) is 3.52. The average Bonchev–Trinajstić information content (AvgIpc) is 2.40. The van der Waals surface area contributed by atoms with E-state index in [1.54, 1.807) is 6.07 Å². The van der Waals surface area contributed by atoms with Gasteiger partial charge in [0.05, 0.1) is 5.56 Å². The van der Waals surface area contributed by atoms with Crippen molar-refractivity contribution in [1.82, 2.24) is 4.90 Å². The van der Waals surface area contributed by atoms with Gasteiger partial charge in [-0.15, -0.1) is 0 Å². The first-order valence-corrected chi connectivity index (χ1v) is 7.58. The van der Waals surface area contributed by atoms with Crippen molar-refractivity contribution < 1.29 is 27.5 Å².